The van der Waals surface area contributed by atoms with E-state index in [4.69, 9.17) is 4.74 Å². The van der Waals surface area contributed by atoms with Crippen LogP contribution in [-0.4, -0.2) is 19.3 Å². The number of ether oxygens (including phenoxy) is 1. The number of carbonyl (C=O) groups excluding carboxylic acids is 2. The average Bonchev–Trinajstić information content (AvgIpc) is 3.18. The molecule has 148 valence electrons. The van der Waals surface area contributed by atoms with Gasteiger partial charge in [0, 0.05) is 17.7 Å². The Morgan fingerprint density at radius 3 is 2.52 bits per heavy atom. The van der Waals surface area contributed by atoms with Gasteiger partial charge in [-0.25, -0.2) is 6.07 Å². The molecule has 0 radical (unpaired) electrons. The molecule has 2 unspecified atom stereocenters. The second kappa shape index (κ2) is 11.1. The molecule has 0 bridgehead atoms. The largest absolute Gasteiger partial charge is 1.00 e. The average molecular weight is 481 g/mol. The standard InChI is InChI=1S/C15H19NO2.C8H5BrO.K/c1-9-6-7-10(8-13(9)18-2)16-15(17)14-11-4-3-5-12(11)14;1-6-7(5-10)3-2-4-8(6)9;/h6-8,11-12,14H,3-5H2,1-2H3,(H,16,17);2-4H,1H2;/q;-2;+1. The maximum absolute atomic E-state index is 12.1. The van der Waals surface area contributed by atoms with Gasteiger partial charge >= 0.3 is 51.4 Å². The molecule has 2 aromatic rings. The van der Waals surface area contributed by atoms with Crippen LogP contribution in [0.1, 0.15) is 36.0 Å². The molecule has 2 aliphatic carbocycles. The summed E-state index contributed by atoms with van der Waals surface area (Å²) in [4.78, 5) is 22.3. The first-order chi connectivity index (χ1) is 13.5. The number of benzene rings is 2. The predicted octanol–water partition coefficient (Wildman–Crippen LogP) is 2.08. The number of rotatable bonds is 4. The van der Waals surface area contributed by atoms with Gasteiger partial charge in [-0.3, -0.25) is 22.8 Å². The van der Waals surface area contributed by atoms with Gasteiger partial charge in [-0.05, 0) is 49.5 Å². The van der Waals surface area contributed by atoms with Crippen molar-refractivity contribution in [3.8, 4) is 5.75 Å². The summed E-state index contributed by atoms with van der Waals surface area (Å²) in [6, 6.07) is 11.1. The van der Waals surface area contributed by atoms with E-state index in [1.165, 1.54) is 19.3 Å². The van der Waals surface area contributed by atoms with E-state index in [-0.39, 0.29) is 63.2 Å². The number of hydrogen-bond donors (Lipinski definition) is 1. The Bertz CT molecular complexity index is 876. The number of carbonyl (C=O) groups is 1. The molecule has 0 spiro atoms. The van der Waals surface area contributed by atoms with Crippen molar-refractivity contribution in [1.82, 2.24) is 0 Å². The summed E-state index contributed by atoms with van der Waals surface area (Å²) < 4.78 is 6.11. The summed E-state index contributed by atoms with van der Waals surface area (Å²) >= 11 is 3.25. The summed E-state index contributed by atoms with van der Waals surface area (Å²) in [6.45, 7) is 5.68. The molecule has 4 rings (SSSR count). The fourth-order valence-corrected chi connectivity index (χ4v) is 4.35. The molecular formula is C23H24BrKNO3-. The van der Waals surface area contributed by atoms with Crippen LogP contribution in [0.2, 0.25) is 0 Å². The second-order valence-electron chi connectivity index (χ2n) is 7.33. The van der Waals surface area contributed by atoms with Crippen molar-refractivity contribution in [2.75, 3.05) is 12.4 Å². The minimum absolute atomic E-state index is 0. The van der Waals surface area contributed by atoms with E-state index < -0.39 is 0 Å². The number of methoxy groups -OCH3 is 1. The molecule has 2 atom stereocenters. The van der Waals surface area contributed by atoms with Crippen molar-refractivity contribution < 1.29 is 65.7 Å². The molecule has 2 aromatic carbocycles. The van der Waals surface area contributed by atoms with Crippen LogP contribution >= 0.6 is 15.9 Å². The molecule has 0 aromatic heterocycles. The number of amides is 1. The summed E-state index contributed by atoms with van der Waals surface area (Å²) in [6.07, 6.45) is 5.57. The molecule has 4 nitrogen and oxygen atoms in total. The zero-order valence-corrected chi connectivity index (χ0v) is 21.8. The van der Waals surface area contributed by atoms with Crippen LogP contribution in [-0.2, 0) is 9.59 Å². The second-order valence-corrected chi connectivity index (χ2v) is 8.18. The molecule has 1 amide bonds. The van der Waals surface area contributed by atoms with Crippen LogP contribution in [0.15, 0.2) is 40.9 Å². The van der Waals surface area contributed by atoms with Crippen molar-refractivity contribution in [1.29, 1.82) is 0 Å². The Morgan fingerprint density at radius 2 is 1.93 bits per heavy atom. The zero-order chi connectivity index (χ0) is 20.3. The molecule has 0 heterocycles. The van der Waals surface area contributed by atoms with Crippen molar-refractivity contribution in [2.45, 2.75) is 26.2 Å². The van der Waals surface area contributed by atoms with Gasteiger partial charge in [0.25, 0.3) is 0 Å². The topological polar surface area (TPSA) is 55.4 Å². The monoisotopic (exact) mass is 480 g/mol. The van der Waals surface area contributed by atoms with Gasteiger partial charge in [0.15, 0.2) is 0 Å². The summed E-state index contributed by atoms with van der Waals surface area (Å²) in [5.41, 5.74) is 3.12. The summed E-state index contributed by atoms with van der Waals surface area (Å²) in [5, 5.41) is 3.02. The summed E-state index contributed by atoms with van der Waals surface area (Å²) in [7, 11) is 1.65. The number of nitrogens with one attached hydrogen (secondary N) is 1. The normalized spacial score (nSPS) is 21.0. The van der Waals surface area contributed by atoms with E-state index in [1.54, 1.807) is 25.5 Å². The van der Waals surface area contributed by atoms with Crippen LogP contribution in [0, 0.1) is 31.6 Å². The first kappa shape index (κ1) is 24.6. The van der Waals surface area contributed by atoms with Crippen molar-refractivity contribution in [3.63, 3.8) is 0 Å². The maximum atomic E-state index is 12.1. The van der Waals surface area contributed by atoms with Crippen LogP contribution in [0.5, 0.6) is 5.75 Å². The van der Waals surface area contributed by atoms with Crippen molar-refractivity contribution >= 4 is 33.8 Å². The SMILES string of the molecule is COc1cc(NC(=O)C2C3CCCC32)ccc1C.[CH2-]c1c(Br)cccc1[C-]=O.[K+]. The third-order valence-corrected chi connectivity index (χ3v) is 6.36. The van der Waals surface area contributed by atoms with Gasteiger partial charge in [0.05, 0.1) is 7.11 Å². The number of hydrogen-bond acceptors (Lipinski definition) is 3. The van der Waals surface area contributed by atoms with E-state index >= 15 is 0 Å². The van der Waals surface area contributed by atoms with Crippen LogP contribution in [0.25, 0.3) is 0 Å². The Kier molecular flexibility index (Phi) is 9.44. The van der Waals surface area contributed by atoms with E-state index in [1.807, 2.05) is 31.2 Å². The molecule has 0 aliphatic heterocycles. The molecule has 0 saturated heterocycles. The molecule has 29 heavy (non-hydrogen) atoms. The zero-order valence-electron chi connectivity index (χ0n) is 17.1. The number of anilines is 1. The Hall–Kier alpha value is -0.634. The fourth-order valence-electron chi connectivity index (χ4n) is 3.99. The Labute approximate surface area is 223 Å². The number of fused-ring (bicyclic) bond motifs is 1. The molecule has 6 heteroatoms. The van der Waals surface area contributed by atoms with Crippen molar-refractivity contribution in [2.24, 2.45) is 17.8 Å². The number of halogens is 1. The van der Waals surface area contributed by atoms with Gasteiger partial charge in [-0.15, -0.1) is 32.5 Å². The first-order valence-corrected chi connectivity index (χ1v) is 10.2. The third-order valence-electron chi connectivity index (χ3n) is 5.61. The summed E-state index contributed by atoms with van der Waals surface area (Å²) in [5.74, 6) is 2.61. The predicted molar refractivity (Wildman–Crippen MR) is 114 cm³/mol. The Balaban J connectivity index is 0.000000234. The molecular weight excluding hydrogens is 457 g/mol. The molecule has 1 N–H and O–H groups in total. The minimum Gasteiger partial charge on any atom is -0.496 e. The van der Waals surface area contributed by atoms with Crippen molar-refractivity contribution in [3.05, 3.63) is 64.5 Å². The van der Waals surface area contributed by atoms with Crippen LogP contribution < -0.4 is 61.4 Å². The number of aryl methyl sites for hydroxylation is 1. The van der Waals surface area contributed by atoms with Gasteiger partial charge in [0.1, 0.15) is 5.75 Å². The van der Waals surface area contributed by atoms with Crippen LogP contribution in [0.4, 0.5) is 5.69 Å². The third kappa shape index (κ3) is 5.96. The minimum atomic E-state index is 0. The Morgan fingerprint density at radius 1 is 1.24 bits per heavy atom. The first-order valence-electron chi connectivity index (χ1n) is 9.40. The van der Waals surface area contributed by atoms with Gasteiger partial charge in [-0.2, -0.15) is 0 Å². The smallest absolute Gasteiger partial charge is 0.496 e. The van der Waals surface area contributed by atoms with E-state index in [9.17, 15) is 9.59 Å². The molecule has 2 fully saturated rings. The fraction of sp³-hybridized carbons (Fsp3) is 0.348. The maximum Gasteiger partial charge on any atom is 1.00 e. The van der Waals surface area contributed by atoms with Gasteiger partial charge in [0.2, 0.25) is 5.91 Å². The van der Waals surface area contributed by atoms with Gasteiger partial charge < -0.3 is 14.8 Å². The molecule has 2 aliphatic rings. The van der Waals surface area contributed by atoms with Gasteiger partial charge in [-0.1, -0.05) is 12.5 Å². The molecule has 2 saturated carbocycles. The van der Waals surface area contributed by atoms with E-state index in [0.29, 0.717) is 23.0 Å². The van der Waals surface area contributed by atoms with Crippen LogP contribution in [0.3, 0.4) is 0 Å². The van der Waals surface area contributed by atoms with E-state index in [0.717, 1.165) is 21.5 Å². The van der Waals surface area contributed by atoms with E-state index in [2.05, 4.69) is 28.2 Å². The quantitative estimate of drug-likeness (QED) is 0.538.